The summed E-state index contributed by atoms with van der Waals surface area (Å²) >= 11 is 0. The first-order valence-corrected chi connectivity index (χ1v) is 8.24. The fourth-order valence-corrected chi connectivity index (χ4v) is 2.93. The fourth-order valence-electron chi connectivity index (χ4n) is 2.93. The summed E-state index contributed by atoms with van der Waals surface area (Å²) < 4.78 is 27.2. The number of amides is 1. The van der Waals surface area contributed by atoms with Gasteiger partial charge in [0.15, 0.2) is 0 Å². The van der Waals surface area contributed by atoms with Gasteiger partial charge in [0, 0.05) is 26.2 Å². The molecule has 1 saturated heterocycles. The van der Waals surface area contributed by atoms with Gasteiger partial charge in [-0.2, -0.15) is 5.26 Å². The van der Waals surface area contributed by atoms with E-state index in [2.05, 4.69) is 0 Å². The summed E-state index contributed by atoms with van der Waals surface area (Å²) in [5.74, 6) is -1.12. The van der Waals surface area contributed by atoms with Gasteiger partial charge in [-0.05, 0) is 35.9 Å². The molecule has 0 radical (unpaired) electrons. The van der Waals surface area contributed by atoms with Gasteiger partial charge >= 0.3 is 0 Å². The number of hydrogen-bond acceptors (Lipinski definition) is 3. The summed E-state index contributed by atoms with van der Waals surface area (Å²) in [5.41, 5.74) is 0.922. The van der Waals surface area contributed by atoms with Gasteiger partial charge in [-0.15, -0.1) is 0 Å². The second-order valence-electron chi connectivity index (χ2n) is 5.96. The zero-order valence-electron chi connectivity index (χ0n) is 14.0. The largest absolute Gasteiger partial charge is 0.366 e. The van der Waals surface area contributed by atoms with Gasteiger partial charge < -0.3 is 9.80 Å². The Hall–Kier alpha value is -3.20. The van der Waals surface area contributed by atoms with Crippen molar-refractivity contribution in [2.45, 2.75) is 0 Å². The molecule has 0 N–H and O–H groups in total. The molecule has 1 aliphatic heterocycles. The van der Waals surface area contributed by atoms with Crippen LogP contribution >= 0.6 is 0 Å². The first-order chi connectivity index (χ1) is 12.6. The maximum atomic E-state index is 13.9. The maximum absolute atomic E-state index is 13.9. The molecule has 132 valence electrons. The number of rotatable bonds is 3. The molecule has 26 heavy (non-hydrogen) atoms. The van der Waals surface area contributed by atoms with E-state index < -0.39 is 11.7 Å². The number of halogens is 2. The van der Waals surface area contributed by atoms with Crippen molar-refractivity contribution in [3.8, 4) is 6.07 Å². The first kappa shape index (κ1) is 17.6. The summed E-state index contributed by atoms with van der Waals surface area (Å²) in [6, 6.07) is 14.1. The Balaban J connectivity index is 1.69. The molecule has 2 aromatic rings. The molecule has 1 amide bonds. The van der Waals surface area contributed by atoms with Crippen molar-refractivity contribution in [3.05, 3.63) is 71.3 Å². The minimum atomic E-state index is -0.429. The average molecular weight is 353 g/mol. The number of nitrogens with zero attached hydrogens (tertiary/aromatic N) is 3. The molecular formula is C20H17F2N3O. The highest BCUT2D eigenvalue weighted by atomic mass is 19.1. The average Bonchev–Trinajstić information content (AvgIpc) is 2.66. The van der Waals surface area contributed by atoms with Crippen LogP contribution in [0.15, 0.2) is 54.1 Å². The fraction of sp³-hybridized carbons (Fsp3) is 0.200. The minimum Gasteiger partial charge on any atom is -0.366 e. The Labute approximate surface area is 150 Å². The number of piperazine rings is 1. The molecule has 1 fully saturated rings. The summed E-state index contributed by atoms with van der Waals surface area (Å²) in [7, 11) is 0. The Morgan fingerprint density at radius 1 is 1.04 bits per heavy atom. The molecule has 1 aliphatic rings. The lowest BCUT2D eigenvalue weighted by molar-refractivity contribution is -0.126. The minimum absolute atomic E-state index is 0.0464. The van der Waals surface area contributed by atoms with E-state index in [-0.39, 0.29) is 11.4 Å². The van der Waals surface area contributed by atoms with E-state index in [9.17, 15) is 18.8 Å². The van der Waals surface area contributed by atoms with Crippen molar-refractivity contribution >= 4 is 17.7 Å². The molecule has 0 spiro atoms. The van der Waals surface area contributed by atoms with Crippen LogP contribution in [0.1, 0.15) is 5.56 Å². The molecule has 6 heteroatoms. The monoisotopic (exact) mass is 353 g/mol. The van der Waals surface area contributed by atoms with E-state index in [1.54, 1.807) is 29.2 Å². The molecule has 0 unspecified atom stereocenters. The van der Waals surface area contributed by atoms with Crippen LogP contribution < -0.4 is 4.90 Å². The Morgan fingerprint density at radius 3 is 2.42 bits per heavy atom. The van der Waals surface area contributed by atoms with E-state index in [0.29, 0.717) is 37.4 Å². The van der Waals surface area contributed by atoms with E-state index in [1.165, 1.54) is 30.3 Å². The number of para-hydroxylation sites is 1. The van der Waals surface area contributed by atoms with Crippen molar-refractivity contribution in [1.82, 2.24) is 4.90 Å². The van der Waals surface area contributed by atoms with Crippen LogP contribution in [0.25, 0.3) is 6.08 Å². The zero-order chi connectivity index (χ0) is 18.5. The van der Waals surface area contributed by atoms with Crippen molar-refractivity contribution in [2.75, 3.05) is 31.1 Å². The second-order valence-corrected chi connectivity index (χ2v) is 5.96. The van der Waals surface area contributed by atoms with Gasteiger partial charge in [0.25, 0.3) is 5.91 Å². The zero-order valence-corrected chi connectivity index (χ0v) is 14.0. The molecule has 4 nitrogen and oxygen atoms in total. The molecule has 0 bridgehead atoms. The van der Waals surface area contributed by atoms with Crippen LogP contribution in [0.4, 0.5) is 14.5 Å². The number of nitriles is 1. The standard InChI is InChI=1S/C20H17F2N3O/c21-17-5-3-4-15(13-17)12-16(14-23)20(26)25-10-8-24(9-11-25)19-7-2-1-6-18(19)22/h1-7,12-13H,8-11H2/b16-12+. The first-order valence-electron chi connectivity index (χ1n) is 8.24. The normalized spacial score (nSPS) is 14.9. The second kappa shape index (κ2) is 7.79. The van der Waals surface area contributed by atoms with Crippen LogP contribution in [0.3, 0.4) is 0 Å². The summed E-state index contributed by atoms with van der Waals surface area (Å²) in [6.45, 7) is 1.72. The smallest absolute Gasteiger partial charge is 0.264 e. The van der Waals surface area contributed by atoms with Crippen molar-refractivity contribution < 1.29 is 13.6 Å². The molecular weight excluding hydrogens is 336 g/mol. The highest BCUT2D eigenvalue weighted by Gasteiger charge is 2.24. The molecule has 0 saturated carbocycles. The Kier molecular flexibility index (Phi) is 5.28. The van der Waals surface area contributed by atoms with Crippen molar-refractivity contribution in [3.63, 3.8) is 0 Å². The van der Waals surface area contributed by atoms with E-state index in [0.717, 1.165) is 0 Å². The van der Waals surface area contributed by atoms with E-state index in [1.807, 2.05) is 11.0 Å². The van der Waals surface area contributed by atoms with Crippen LogP contribution in [0.2, 0.25) is 0 Å². The van der Waals surface area contributed by atoms with Gasteiger partial charge in [-0.1, -0.05) is 24.3 Å². The lowest BCUT2D eigenvalue weighted by atomic mass is 10.1. The van der Waals surface area contributed by atoms with Crippen molar-refractivity contribution in [1.29, 1.82) is 5.26 Å². The molecule has 0 aliphatic carbocycles. The SMILES string of the molecule is N#C/C(=C\c1cccc(F)c1)C(=O)N1CCN(c2ccccc2F)CC1. The number of carbonyl (C=O) groups is 1. The third-order valence-corrected chi connectivity index (χ3v) is 4.27. The van der Waals surface area contributed by atoms with Crippen LogP contribution in [-0.4, -0.2) is 37.0 Å². The van der Waals surface area contributed by atoms with Gasteiger partial charge in [-0.3, -0.25) is 4.79 Å². The van der Waals surface area contributed by atoms with Gasteiger partial charge in [0.1, 0.15) is 23.3 Å². The maximum Gasteiger partial charge on any atom is 0.264 e. The van der Waals surface area contributed by atoms with Gasteiger partial charge in [-0.25, -0.2) is 8.78 Å². The number of hydrogen-bond donors (Lipinski definition) is 0. The Bertz CT molecular complexity index is 881. The third-order valence-electron chi connectivity index (χ3n) is 4.27. The lowest BCUT2D eigenvalue weighted by Crippen LogP contribution is -2.49. The molecule has 3 rings (SSSR count). The topological polar surface area (TPSA) is 47.3 Å². The summed E-state index contributed by atoms with van der Waals surface area (Å²) in [6.07, 6.45) is 1.38. The van der Waals surface area contributed by atoms with Gasteiger partial charge in [0.2, 0.25) is 0 Å². The number of benzene rings is 2. The quantitative estimate of drug-likeness (QED) is 0.629. The molecule has 2 aromatic carbocycles. The lowest BCUT2D eigenvalue weighted by Gasteiger charge is -2.36. The predicted octanol–water partition coefficient (Wildman–Crippen LogP) is 3.22. The van der Waals surface area contributed by atoms with Crippen molar-refractivity contribution in [2.24, 2.45) is 0 Å². The van der Waals surface area contributed by atoms with Crippen LogP contribution in [-0.2, 0) is 4.79 Å². The summed E-state index contributed by atoms with van der Waals surface area (Å²) in [5, 5.41) is 9.30. The highest BCUT2D eigenvalue weighted by molar-refractivity contribution is 6.01. The molecule has 0 atom stereocenters. The van der Waals surface area contributed by atoms with Crippen LogP contribution in [0.5, 0.6) is 0 Å². The Morgan fingerprint density at radius 2 is 1.77 bits per heavy atom. The number of anilines is 1. The summed E-state index contributed by atoms with van der Waals surface area (Å²) in [4.78, 5) is 16.0. The van der Waals surface area contributed by atoms with Crippen LogP contribution in [0, 0.1) is 23.0 Å². The third kappa shape index (κ3) is 3.89. The van der Waals surface area contributed by atoms with E-state index in [4.69, 9.17) is 0 Å². The van der Waals surface area contributed by atoms with Gasteiger partial charge in [0.05, 0.1) is 5.69 Å². The predicted molar refractivity (Wildman–Crippen MR) is 95.2 cm³/mol. The highest BCUT2D eigenvalue weighted by Crippen LogP contribution is 2.21. The molecule has 0 aromatic heterocycles. The molecule has 1 heterocycles. The number of carbonyl (C=O) groups excluding carboxylic acids is 1. The van der Waals surface area contributed by atoms with E-state index >= 15 is 0 Å².